The Hall–Kier alpha value is -2.25. The van der Waals surface area contributed by atoms with Crippen LogP contribution >= 0.6 is 11.3 Å². The molecule has 1 amide bonds. The number of aromatic nitrogens is 1. The molecule has 0 N–H and O–H groups in total. The molecule has 1 atom stereocenters. The summed E-state index contributed by atoms with van der Waals surface area (Å²) in [6.45, 7) is 5.26. The van der Waals surface area contributed by atoms with Crippen molar-refractivity contribution in [1.29, 1.82) is 0 Å². The van der Waals surface area contributed by atoms with Gasteiger partial charge in [-0.2, -0.15) is 0 Å². The Morgan fingerprint density at radius 1 is 1.35 bits per heavy atom. The van der Waals surface area contributed by atoms with Crippen LogP contribution in [0.1, 0.15) is 34.3 Å². The van der Waals surface area contributed by atoms with Gasteiger partial charge in [0.05, 0.1) is 31.4 Å². The lowest BCUT2D eigenvalue weighted by Crippen LogP contribution is -2.36. The van der Waals surface area contributed by atoms with Gasteiger partial charge >= 0.3 is 5.97 Å². The summed E-state index contributed by atoms with van der Waals surface area (Å²) in [7, 11) is 0. The van der Waals surface area contributed by atoms with Crippen molar-refractivity contribution in [3.8, 4) is 0 Å². The molecule has 1 aromatic heterocycles. The molecule has 3 rings (SSSR count). The fraction of sp³-hybridized carbons (Fsp3) is 0.421. The minimum atomic E-state index is -0.398. The smallest absolute Gasteiger partial charge is 0.350 e. The highest BCUT2D eigenvalue weighted by Crippen LogP contribution is 2.30. The second kappa shape index (κ2) is 8.42. The first-order chi connectivity index (χ1) is 12.6. The van der Waals surface area contributed by atoms with Gasteiger partial charge in [-0.15, -0.1) is 0 Å². The van der Waals surface area contributed by atoms with Crippen molar-refractivity contribution in [3.63, 3.8) is 0 Å². The van der Waals surface area contributed by atoms with E-state index < -0.39 is 5.97 Å². The minimum absolute atomic E-state index is 0.0180. The second-order valence-corrected chi connectivity index (χ2v) is 7.08. The summed E-state index contributed by atoms with van der Waals surface area (Å²) in [5.74, 6) is -0.588. The van der Waals surface area contributed by atoms with Crippen molar-refractivity contribution in [2.24, 2.45) is 5.92 Å². The number of carbonyl (C=O) groups excluding carboxylic acids is 2. The van der Waals surface area contributed by atoms with E-state index in [1.54, 1.807) is 18.7 Å². The van der Waals surface area contributed by atoms with Crippen LogP contribution in [0.5, 0.6) is 0 Å². The average molecular weight is 374 g/mol. The van der Waals surface area contributed by atoms with Gasteiger partial charge in [-0.05, 0) is 25.8 Å². The number of anilines is 1. The van der Waals surface area contributed by atoms with Crippen molar-refractivity contribution in [1.82, 2.24) is 4.98 Å². The van der Waals surface area contributed by atoms with Crippen LogP contribution in [0.15, 0.2) is 30.3 Å². The van der Waals surface area contributed by atoms with Crippen LogP contribution < -0.4 is 4.90 Å². The van der Waals surface area contributed by atoms with Gasteiger partial charge in [-0.3, -0.25) is 9.69 Å². The number of carbonyl (C=O) groups is 2. The largest absolute Gasteiger partial charge is 0.462 e. The predicted molar refractivity (Wildman–Crippen MR) is 99.4 cm³/mol. The van der Waals surface area contributed by atoms with Gasteiger partial charge in [0, 0.05) is 6.61 Å². The summed E-state index contributed by atoms with van der Waals surface area (Å²) in [6.07, 6.45) is 0.708. The Kier molecular flexibility index (Phi) is 6.00. The third kappa shape index (κ3) is 4.11. The van der Waals surface area contributed by atoms with Crippen LogP contribution in [0, 0.1) is 12.8 Å². The molecule has 0 radical (unpaired) electrons. The van der Waals surface area contributed by atoms with Crippen LogP contribution in [0.25, 0.3) is 0 Å². The van der Waals surface area contributed by atoms with Gasteiger partial charge in [0.1, 0.15) is 4.88 Å². The number of thiazole rings is 1. The van der Waals surface area contributed by atoms with E-state index in [0.717, 1.165) is 5.56 Å². The lowest BCUT2D eigenvalue weighted by Gasteiger charge is -2.22. The molecule has 1 fully saturated rings. The molecule has 2 aromatic rings. The van der Waals surface area contributed by atoms with E-state index in [1.807, 2.05) is 30.3 Å². The van der Waals surface area contributed by atoms with E-state index in [2.05, 4.69) is 4.98 Å². The highest BCUT2D eigenvalue weighted by molar-refractivity contribution is 7.17. The standard InChI is InChI=1S/C19H22N2O4S/c1-3-25-18(23)16-13(2)20-19(26-16)21(11-14-7-5-4-6-8-14)17(22)15-9-10-24-12-15/h4-8,15H,3,9-12H2,1-2H3. The number of hydrogen-bond acceptors (Lipinski definition) is 6. The molecule has 0 bridgehead atoms. The van der Waals surface area contributed by atoms with Gasteiger partial charge in [0.25, 0.3) is 0 Å². The van der Waals surface area contributed by atoms with E-state index in [4.69, 9.17) is 9.47 Å². The fourth-order valence-corrected chi connectivity index (χ4v) is 3.80. The second-order valence-electron chi connectivity index (χ2n) is 6.10. The number of aryl methyl sites for hydroxylation is 1. The zero-order valence-corrected chi connectivity index (χ0v) is 15.8. The van der Waals surface area contributed by atoms with Crippen molar-refractivity contribution in [3.05, 3.63) is 46.5 Å². The van der Waals surface area contributed by atoms with Gasteiger partial charge in [-0.25, -0.2) is 9.78 Å². The van der Waals surface area contributed by atoms with Crippen molar-refractivity contribution >= 4 is 28.3 Å². The fourth-order valence-electron chi connectivity index (χ4n) is 2.84. The molecule has 0 aliphatic carbocycles. The van der Waals surface area contributed by atoms with Crippen molar-refractivity contribution in [2.75, 3.05) is 24.7 Å². The minimum Gasteiger partial charge on any atom is -0.462 e. The van der Waals surface area contributed by atoms with Crippen LogP contribution in [-0.2, 0) is 20.8 Å². The number of benzene rings is 1. The lowest BCUT2D eigenvalue weighted by atomic mass is 10.1. The van der Waals surface area contributed by atoms with Crippen molar-refractivity contribution < 1.29 is 19.1 Å². The molecule has 1 aliphatic rings. The number of hydrogen-bond donors (Lipinski definition) is 0. The molecular weight excluding hydrogens is 352 g/mol. The third-order valence-electron chi connectivity index (χ3n) is 4.21. The highest BCUT2D eigenvalue weighted by atomic mass is 32.1. The molecule has 1 saturated heterocycles. The molecular formula is C19H22N2O4S. The molecule has 0 saturated carbocycles. The number of rotatable bonds is 6. The summed E-state index contributed by atoms with van der Waals surface area (Å²) in [6, 6.07) is 9.75. The first-order valence-corrected chi connectivity index (χ1v) is 9.49. The summed E-state index contributed by atoms with van der Waals surface area (Å²) in [4.78, 5) is 31.8. The maximum atomic E-state index is 13.1. The van der Waals surface area contributed by atoms with E-state index in [1.165, 1.54) is 11.3 Å². The molecule has 0 spiro atoms. The normalized spacial score (nSPS) is 16.5. The van der Waals surface area contributed by atoms with E-state index in [0.29, 0.717) is 48.5 Å². The summed E-state index contributed by atoms with van der Waals surface area (Å²) in [5.41, 5.74) is 1.59. The number of ether oxygens (including phenoxy) is 2. The zero-order valence-electron chi connectivity index (χ0n) is 14.9. The third-order valence-corrected chi connectivity index (χ3v) is 5.37. The Balaban J connectivity index is 1.91. The van der Waals surface area contributed by atoms with Gasteiger partial charge < -0.3 is 9.47 Å². The maximum Gasteiger partial charge on any atom is 0.350 e. The molecule has 1 aromatic carbocycles. The molecule has 6 nitrogen and oxygen atoms in total. The predicted octanol–water partition coefficient (Wildman–Crippen LogP) is 3.20. The highest BCUT2D eigenvalue weighted by Gasteiger charge is 2.31. The van der Waals surface area contributed by atoms with Gasteiger partial charge in [0.15, 0.2) is 5.13 Å². The number of nitrogens with zero attached hydrogens (tertiary/aromatic N) is 2. The summed E-state index contributed by atoms with van der Waals surface area (Å²) in [5, 5.41) is 0.520. The molecule has 26 heavy (non-hydrogen) atoms. The van der Waals surface area contributed by atoms with E-state index >= 15 is 0 Å². The summed E-state index contributed by atoms with van der Waals surface area (Å²) < 4.78 is 10.5. The first kappa shape index (κ1) is 18.5. The lowest BCUT2D eigenvalue weighted by molar-refractivity contribution is -0.122. The Bertz CT molecular complexity index is 769. The van der Waals surface area contributed by atoms with Gasteiger partial charge in [-0.1, -0.05) is 41.7 Å². The topological polar surface area (TPSA) is 68.7 Å². The van der Waals surface area contributed by atoms with E-state index in [-0.39, 0.29) is 11.8 Å². The summed E-state index contributed by atoms with van der Waals surface area (Å²) >= 11 is 1.20. The molecule has 138 valence electrons. The molecule has 7 heteroatoms. The number of amides is 1. The quantitative estimate of drug-likeness (QED) is 0.727. The Morgan fingerprint density at radius 3 is 2.77 bits per heavy atom. The van der Waals surface area contributed by atoms with Crippen LogP contribution in [0.3, 0.4) is 0 Å². The maximum absolute atomic E-state index is 13.1. The number of esters is 1. The first-order valence-electron chi connectivity index (χ1n) is 8.67. The van der Waals surface area contributed by atoms with Crippen molar-refractivity contribution in [2.45, 2.75) is 26.8 Å². The molecule has 1 aliphatic heterocycles. The Morgan fingerprint density at radius 2 is 2.12 bits per heavy atom. The Labute approximate surface area is 156 Å². The van der Waals surface area contributed by atoms with E-state index in [9.17, 15) is 9.59 Å². The zero-order chi connectivity index (χ0) is 18.5. The van der Waals surface area contributed by atoms with Crippen LogP contribution in [0.2, 0.25) is 0 Å². The molecule has 2 heterocycles. The van der Waals surface area contributed by atoms with Gasteiger partial charge in [0.2, 0.25) is 5.91 Å². The SMILES string of the molecule is CCOC(=O)c1sc(N(Cc2ccccc2)C(=O)C2CCOC2)nc1C. The van der Waals surface area contributed by atoms with Crippen LogP contribution in [-0.4, -0.2) is 36.7 Å². The average Bonchev–Trinajstić information content (AvgIpc) is 3.30. The monoisotopic (exact) mass is 374 g/mol. The molecule has 1 unspecified atom stereocenters. The van der Waals surface area contributed by atoms with Crippen LogP contribution in [0.4, 0.5) is 5.13 Å².